The molecule has 1 heterocycles. The molecule has 0 aromatic heterocycles. The molecule has 0 aromatic rings. The van der Waals surface area contributed by atoms with E-state index in [1.54, 1.807) is 0 Å². The van der Waals surface area contributed by atoms with Crippen molar-refractivity contribution in [3.8, 4) is 0 Å². The van der Waals surface area contributed by atoms with E-state index in [2.05, 4.69) is 18.7 Å². The van der Waals surface area contributed by atoms with E-state index < -0.39 is 0 Å². The Hall–Kier alpha value is 0.250. The maximum absolute atomic E-state index is 5.81. The second-order valence-electron chi connectivity index (χ2n) is 4.45. The summed E-state index contributed by atoms with van der Waals surface area (Å²) in [6.45, 7) is 7.21. The molecule has 0 radical (unpaired) electrons. The molecule has 1 rings (SSSR count). The Balaban J connectivity index is 2.38. The predicted molar refractivity (Wildman–Crippen MR) is 64.0 cm³/mol. The van der Waals surface area contributed by atoms with Crippen LogP contribution in [-0.2, 0) is 0 Å². The largest absolute Gasteiger partial charge is 0.300 e. The summed E-state index contributed by atoms with van der Waals surface area (Å²) in [6.07, 6.45) is 6.56. The highest BCUT2D eigenvalue weighted by molar-refractivity contribution is 6.17. The van der Waals surface area contributed by atoms with Gasteiger partial charge < -0.3 is 4.90 Å². The van der Waals surface area contributed by atoms with Gasteiger partial charge in [-0.2, -0.15) is 0 Å². The van der Waals surface area contributed by atoms with E-state index in [0.29, 0.717) is 0 Å². The number of hydrogen-bond donors (Lipinski definition) is 0. The average Bonchev–Trinajstić information content (AvgIpc) is 2.21. The predicted octanol–water partition coefficient (Wildman–Crippen LogP) is 3.52. The fourth-order valence-corrected chi connectivity index (χ4v) is 2.93. The molecule has 1 atom stereocenters. The highest BCUT2D eigenvalue weighted by Crippen LogP contribution is 2.23. The van der Waals surface area contributed by atoms with Crippen molar-refractivity contribution in [3.05, 3.63) is 0 Å². The Kier molecular flexibility index (Phi) is 5.88. The first-order valence-electron chi connectivity index (χ1n) is 6.11. The first-order valence-corrected chi connectivity index (χ1v) is 6.65. The van der Waals surface area contributed by atoms with E-state index in [-0.39, 0.29) is 0 Å². The zero-order valence-electron chi connectivity index (χ0n) is 9.64. The van der Waals surface area contributed by atoms with Crippen LogP contribution in [0.4, 0.5) is 0 Å². The van der Waals surface area contributed by atoms with Gasteiger partial charge in [0, 0.05) is 18.5 Å². The monoisotopic (exact) mass is 217 g/mol. The number of alkyl halides is 1. The number of hydrogen-bond acceptors (Lipinski definition) is 1. The third-order valence-electron chi connectivity index (χ3n) is 3.53. The molecular weight excluding hydrogens is 194 g/mol. The van der Waals surface area contributed by atoms with Crippen LogP contribution in [0.25, 0.3) is 0 Å². The first-order chi connectivity index (χ1) is 6.81. The van der Waals surface area contributed by atoms with Gasteiger partial charge in [-0.05, 0) is 44.6 Å². The fraction of sp³-hybridized carbons (Fsp3) is 1.00. The molecule has 2 heteroatoms. The quantitative estimate of drug-likeness (QED) is 0.637. The van der Waals surface area contributed by atoms with Gasteiger partial charge in [-0.25, -0.2) is 0 Å². The molecule has 0 saturated carbocycles. The van der Waals surface area contributed by atoms with Crippen molar-refractivity contribution in [1.82, 2.24) is 4.90 Å². The van der Waals surface area contributed by atoms with E-state index in [9.17, 15) is 0 Å². The van der Waals surface area contributed by atoms with Gasteiger partial charge in [0.05, 0.1) is 0 Å². The minimum absolute atomic E-state index is 0.813. The van der Waals surface area contributed by atoms with E-state index in [1.807, 2.05) is 0 Å². The maximum atomic E-state index is 5.81. The van der Waals surface area contributed by atoms with E-state index in [0.717, 1.165) is 17.8 Å². The number of likely N-dealkylation sites (tertiary alicyclic amines) is 1. The van der Waals surface area contributed by atoms with Crippen molar-refractivity contribution in [2.45, 2.75) is 52.0 Å². The van der Waals surface area contributed by atoms with Crippen LogP contribution in [0.1, 0.15) is 46.0 Å². The lowest BCUT2D eigenvalue weighted by molar-refractivity contribution is 0.115. The van der Waals surface area contributed by atoms with Crippen LogP contribution in [-0.4, -0.2) is 29.9 Å². The van der Waals surface area contributed by atoms with E-state index in [1.165, 1.54) is 45.2 Å². The number of nitrogens with zero attached hydrogens (tertiary/aromatic N) is 1. The molecule has 14 heavy (non-hydrogen) atoms. The lowest BCUT2D eigenvalue weighted by atomic mass is 9.93. The number of rotatable bonds is 5. The highest BCUT2D eigenvalue weighted by Gasteiger charge is 2.23. The minimum atomic E-state index is 0.813. The van der Waals surface area contributed by atoms with Gasteiger partial charge in [0.1, 0.15) is 0 Å². The molecule has 0 bridgehead atoms. The van der Waals surface area contributed by atoms with Crippen molar-refractivity contribution in [2.75, 3.05) is 19.0 Å². The molecule has 1 aliphatic rings. The summed E-state index contributed by atoms with van der Waals surface area (Å²) in [6, 6.07) is 0.813. The molecule has 1 fully saturated rings. The summed E-state index contributed by atoms with van der Waals surface area (Å²) in [5.74, 6) is 1.70. The molecule has 0 amide bonds. The molecular formula is C12H24ClN. The van der Waals surface area contributed by atoms with Crippen molar-refractivity contribution in [2.24, 2.45) is 5.92 Å². The van der Waals surface area contributed by atoms with Gasteiger partial charge in [-0.15, -0.1) is 11.6 Å². The molecule has 0 aromatic carbocycles. The Morgan fingerprint density at radius 2 is 2.07 bits per heavy atom. The normalized spacial score (nSPS) is 24.4. The zero-order valence-corrected chi connectivity index (χ0v) is 10.4. The molecule has 84 valence electrons. The van der Waals surface area contributed by atoms with Gasteiger partial charge in [0.2, 0.25) is 0 Å². The summed E-state index contributed by atoms with van der Waals surface area (Å²) in [7, 11) is 0. The summed E-state index contributed by atoms with van der Waals surface area (Å²) >= 11 is 5.81. The Morgan fingerprint density at radius 3 is 2.64 bits per heavy atom. The molecule has 0 aliphatic carbocycles. The molecule has 1 nitrogen and oxygen atoms in total. The second-order valence-corrected chi connectivity index (χ2v) is 4.83. The smallest absolute Gasteiger partial charge is 0.0226 e. The molecule has 0 N–H and O–H groups in total. The van der Waals surface area contributed by atoms with Gasteiger partial charge in [-0.3, -0.25) is 0 Å². The summed E-state index contributed by atoms with van der Waals surface area (Å²) < 4.78 is 0. The third-order valence-corrected chi connectivity index (χ3v) is 3.74. The number of halogens is 1. The fourth-order valence-electron chi connectivity index (χ4n) is 2.62. The maximum Gasteiger partial charge on any atom is 0.0226 e. The Labute approximate surface area is 93.8 Å². The lowest BCUT2D eigenvalue weighted by Crippen LogP contribution is -2.42. The van der Waals surface area contributed by atoms with Gasteiger partial charge in [0.15, 0.2) is 0 Å². The zero-order chi connectivity index (χ0) is 10.4. The van der Waals surface area contributed by atoms with Crippen molar-refractivity contribution in [3.63, 3.8) is 0 Å². The van der Waals surface area contributed by atoms with Crippen molar-refractivity contribution >= 4 is 11.6 Å². The highest BCUT2D eigenvalue weighted by atomic mass is 35.5. The van der Waals surface area contributed by atoms with Crippen LogP contribution in [0.15, 0.2) is 0 Å². The van der Waals surface area contributed by atoms with Crippen LogP contribution in [0.3, 0.4) is 0 Å². The van der Waals surface area contributed by atoms with Gasteiger partial charge in [-0.1, -0.05) is 13.8 Å². The molecule has 1 saturated heterocycles. The van der Waals surface area contributed by atoms with Crippen molar-refractivity contribution < 1.29 is 0 Å². The summed E-state index contributed by atoms with van der Waals surface area (Å²) in [4.78, 5) is 2.68. The average molecular weight is 218 g/mol. The van der Waals surface area contributed by atoms with Crippen LogP contribution in [0.2, 0.25) is 0 Å². The first kappa shape index (κ1) is 12.3. The van der Waals surface area contributed by atoms with Crippen LogP contribution in [0, 0.1) is 5.92 Å². The van der Waals surface area contributed by atoms with Crippen molar-refractivity contribution in [1.29, 1.82) is 0 Å². The summed E-state index contributed by atoms with van der Waals surface area (Å²) in [5, 5.41) is 0. The number of piperidine rings is 1. The third kappa shape index (κ3) is 3.43. The molecule has 1 unspecified atom stereocenters. The van der Waals surface area contributed by atoms with Crippen LogP contribution < -0.4 is 0 Å². The Bertz CT molecular complexity index is 143. The van der Waals surface area contributed by atoms with E-state index >= 15 is 0 Å². The molecule has 1 aliphatic heterocycles. The van der Waals surface area contributed by atoms with Crippen LogP contribution >= 0.6 is 11.6 Å². The summed E-state index contributed by atoms with van der Waals surface area (Å²) in [5.41, 5.74) is 0. The second kappa shape index (κ2) is 6.68. The minimum Gasteiger partial charge on any atom is -0.300 e. The van der Waals surface area contributed by atoms with Crippen LogP contribution in [0.5, 0.6) is 0 Å². The van der Waals surface area contributed by atoms with Gasteiger partial charge >= 0.3 is 0 Å². The molecule has 0 spiro atoms. The van der Waals surface area contributed by atoms with Gasteiger partial charge in [0.25, 0.3) is 0 Å². The van der Waals surface area contributed by atoms with E-state index in [4.69, 9.17) is 11.6 Å². The Morgan fingerprint density at radius 1 is 1.36 bits per heavy atom. The lowest BCUT2D eigenvalue weighted by Gasteiger charge is -2.37. The standard InChI is InChI=1S/C12H24ClN/c1-3-12(4-2)14-9-5-6-11(10-14)7-8-13/h11-12H,3-10H2,1-2H3. The topological polar surface area (TPSA) is 3.24 Å². The SMILES string of the molecule is CCC(CC)N1CCCC(CCCl)C1.